The number of nitro groups is 1. The molecule has 2 fully saturated rings. The standard InChI is InChI=1S/C19H26N2O5/c22-16-10-14(15(21(25)26)11-17(16)23)12-19(6-2-1-3-7-19)18(24)13-4-8-20-9-5-13/h10-11,13,20,22-23H,1-9,12H2. The number of phenolic OH excluding ortho intramolecular Hbond substituents is 2. The van der Waals surface area contributed by atoms with Crippen molar-refractivity contribution < 1.29 is 19.9 Å². The summed E-state index contributed by atoms with van der Waals surface area (Å²) >= 11 is 0. The van der Waals surface area contributed by atoms with E-state index < -0.39 is 16.1 Å². The quantitative estimate of drug-likeness (QED) is 0.421. The van der Waals surface area contributed by atoms with E-state index in [1.807, 2.05) is 0 Å². The van der Waals surface area contributed by atoms with E-state index in [4.69, 9.17) is 0 Å². The lowest BCUT2D eigenvalue weighted by molar-refractivity contribution is -0.385. The van der Waals surface area contributed by atoms with Gasteiger partial charge in [-0.1, -0.05) is 19.3 Å². The van der Waals surface area contributed by atoms with Crippen LogP contribution in [0, 0.1) is 21.4 Å². The molecule has 3 rings (SSSR count). The van der Waals surface area contributed by atoms with Gasteiger partial charge in [0.2, 0.25) is 0 Å². The largest absolute Gasteiger partial charge is 0.504 e. The maximum Gasteiger partial charge on any atom is 0.276 e. The third-order valence-corrected chi connectivity index (χ3v) is 5.94. The Morgan fingerprint density at radius 3 is 2.38 bits per heavy atom. The van der Waals surface area contributed by atoms with Gasteiger partial charge in [0.15, 0.2) is 11.5 Å². The second kappa shape index (κ2) is 7.61. The molecule has 0 spiro atoms. The van der Waals surface area contributed by atoms with E-state index in [1.54, 1.807) is 0 Å². The summed E-state index contributed by atoms with van der Waals surface area (Å²) in [5.41, 5.74) is -0.508. The fourth-order valence-corrected chi connectivity index (χ4v) is 4.54. The van der Waals surface area contributed by atoms with Crippen molar-refractivity contribution in [2.45, 2.75) is 51.4 Å². The van der Waals surface area contributed by atoms with Crippen LogP contribution in [0.4, 0.5) is 5.69 Å². The van der Waals surface area contributed by atoms with Gasteiger partial charge in [-0.05, 0) is 51.3 Å². The Hall–Kier alpha value is -2.15. The maximum absolute atomic E-state index is 13.4. The number of hydrogen-bond acceptors (Lipinski definition) is 6. The molecule has 1 saturated heterocycles. The fraction of sp³-hybridized carbons (Fsp3) is 0.632. The first kappa shape index (κ1) is 18.6. The molecule has 0 radical (unpaired) electrons. The summed E-state index contributed by atoms with van der Waals surface area (Å²) in [4.78, 5) is 24.3. The highest BCUT2D eigenvalue weighted by molar-refractivity contribution is 5.87. The molecule has 0 bridgehead atoms. The highest BCUT2D eigenvalue weighted by Crippen LogP contribution is 2.45. The molecule has 1 aliphatic heterocycles. The lowest BCUT2D eigenvalue weighted by Gasteiger charge is -2.39. The Morgan fingerprint density at radius 1 is 1.15 bits per heavy atom. The van der Waals surface area contributed by atoms with Gasteiger partial charge in [-0.15, -0.1) is 0 Å². The van der Waals surface area contributed by atoms with Crippen LogP contribution in [0.2, 0.25) is 0 Å². The first-order valence-corrected chi connectivity index (χ1v) is 9.37. The Bertz CT molecular complexity index is 691. The summed E-state index contributed by atoms with van der Waals surface area (Å²) < 4.78 is 0. The molecule has 0 aromatic heterocycles. The van der Waals surface area contributed by atoms with Crippen molar-refractivity contribution in [2.75, 3.05) is 13.1 Å². The molecule has 3 N–H and O–H groups in total. The summed E-state index contributed by atoms with van der Waals surface area (Å²) in [6, 6.07) is 2.23. The van der Waals surface area contributed by atoms with Gasteiger partial charge in [-0.25, -0.2) is 0 Å². The van der Waals surface area contributed by atoms with Gasteiger partial charge >= 0.3 is 0 Å². The molecule has 0 unspecified atom stereocenters. The van der Waals surface area contributed by atoms with Crippen LogP contribution < -0.4 is 5.32 Å². The number of benzene rings is 1. The van der Waals surface area contributed by atoms with Crippen LogP contribution in [0.15, 0.2) is 12.1 Å². The molecule has 1 heterocycles. The van der Waals surface area contributed by atoms with Crippen molar-refractivity contribution in [3.63, 3.8) is 0 Å². The van der Waals surface area contributed by atoms with Crippen molar-refractivity contribution in [3.05, 3.63) is 27.8 Å². The minimum Gasteiger partial charge on any atom is -0.504 e. The number of Topliss-reactive ketones (excluding diaryl/α,β-unsaturated/α-hetero) is 1. The monoisotopic (exact) mass is 362 g/mol. The molecule has 26 heavy (non-hydrogen) atoms. The number of nitrogens with zero attached hydrogens (tertiary/aromatic N) is 1. The fourth-order valence-electron chi connectivity index (χ4n) is 4.54. The number of nitrogens with one attached hydrogen (secondary N) is 1. The molecule has 1 aromatic rings. The first-order chi connectivity index (χ1) is 12.4. The van der Waals surface area contributed by atoms with Crippen LogP contribution in [-0.4, -0.2) is 34.0 Å². The number of hydrogen-bond donors (Lipinski definition) is 3. The Labute approximate surface area is 152 Å². The van der Waals surface area contributed by atoms with Crippen molar-refractivity contribution in [3.8, 4) is 11.5 Å². The number of ketones is 1. The van der Waals surface area contributed by atoms with E-state index in [9.17, 15) is 25.1 Å². The van der Waals surface area contributed by atoms with Crippen LogP contribution in [-0.2, 0) is 11.2 Å². The van der Waals surface area contributed by atoms with Crippen molar-refractivity contribution >= 4 is 11.5 Å². The third-order valence-electron chi connectivity index (χ3n) is 5.94. The predicted octanol–water partition coefficient (Wildman–Crippen LogP) is 3.07. The minimum absolute atomic E-state index is 0.000817. The van der Waals surface area contributed by atoms with Crippen LogP contribution in [0.5, 0.6) is 11.5 Å². The Morgan fingerprint density at radius 2 is 1.77 bits per heavy atom. The minimum atomic E-state index is -0.603. The van der Waals surface area contributed by atoms with Crippen LogP contribution in [0.3, 0.4) is 0 Å². The number of rotatable bonds is 5. The van der Waals surface area contributed by atoms with Crippen LogP contribution in [0.25, 0.3) is 0 Å². The van der Waals surface area contributed by atoms with Gasteiger partial charge in [0.25, 0.3) is 5.69 Å². The number of aromatic hydroxyl groups is 2. The SMILES string of the molecule is O=C(C1CCNCC1)C1(Cc2cc(O)c(O)cc2[N+](=O)[O-])CCCCC1. The van der Waals surface area contributed by atoms with Gasteiger partial charge in [-0.3, -0.25) is 14.9 Å². The summed E-state index contributed by atoms with van der Waals surface area (Å²) in [7, 11) is 0. The highest BCUT2D eigenvalue weighted by Gasteiger charge is 2.43. The lowest BCUT2D eigenvalue weighted by Crippen LogP contribution is -2.43. The van der Waals surface area contributed by atoms with Gasteiger partial charge in [0, 0.05) is 16.9 Å². The predicted molar refractivity (Wildman–Crippen MR) is 96.2 cm³/mol. The molecule has 1 aliphatic carbocycles. The molecular weight excluding hydrogens is 336 g/mol. The molecule has 7 nitrogen and oxygen atoms in total. The first-order valence-electron chi connectivity index (χ1n) is 9.37. The summed E-state index contributed by atoms with van der Waals surface area (Å²) in [5, 5.41) is 34.2. The molecule has 1 aromatic carbocycles. The number of carbonyl (C=O) groups excluding carboxylic acids is 1. The van der Waals surface area contributed by atoms with E-state index in [0.717, 1.165) is 64.1 Å². The summed E-state index contributed by atoms with van der Waals surface area (Å²) in [5.74, 6) is -0.673. The van der Waals surface area contributed by atoms with E-state index in [-0.39, 0.29) is 29.6 Å². The second-order valence-electron chi connectivity index (χ2n) is 7.63. The Balaban J connectivity index is 1.95. The summed E-state index contributed by atoms with van der Waals surface area (Å²) in [6.45, 7) is 1.65. The van der Waals surface area contributed by atoms with E-state index in [0.29, 0.717) is 5.56 Å². The van der Waals surface area contributed by atoms with Gasteiger partial charge in [0.1, 0.15) is 5.78 Å². The second-order valence-corrected chi connectivity index (χ2v) is 7.63. The number of carbonyl (C=O) groups is 1. The molecule has 1 saturated carbocycles. The van der Waals surface area contributed by atoms with E-state index in [1.165, 1.54) is 6.07 Å². The van der Waals surface area contributed by atoms with Gasteiger partial charge < -0.3 is 15.5 Å². The maximum atomic E-state index is 13.4. The Kier molecular flexibility index (Phi) is 5.46. The van der Waals surface area contributed by atoms with E-state index in [2.05, 4.69) is 5.32 Å². The topological polar surface area (TPSA) is 113 Å². The molecule has 2 aliphatic rings. The molecule has 0 atom stereocenters. The normalized spacial score (nSPS) is 20.6. The summed E-state index contributed by atoms with van der Waals surface area (Å²) in [6.07, 6.45) is 6.28. The third kappa shape index (κ3) is 3.67. The number of nitro benzene ring substituents is 1. The zero-order valence-corrected chi connectivity index (χ0v) is 14.9. The number of phenols is 2. The van der Waals surface area contributed by atoms with Gasteiger partial charge in [-0.2, -0.15) is 0 Å². The molecule has 7 heteroatoms. The van der Waals surface area contributed by atoms with Crippen molar-refractivity contribution in [2.24, 2.45) is 11.3 Å². The molecule has 0 amide bonds. The van der Waals surface area contributed by atoms with Crippen molar-refractivity contribution in [1.82, 2.24) is 5.32 Å². The zero-order chi connectivity index (χ0) is 18.7. The lowest BCUT2D eigenvalue weighted by atomic mass is 9.64. The van der Waals surface area contributed by atoms with Crippen LogP contribution in [0.1, 0.15) is 50.5 Å². The average Bonchev–Trinajstić information content (AvgIpc) is 2.65. The molecular formula is C19H26N2O5. The van der Waals surface area contributed by atoms with Crippen LogP contribution >= 0.6 is 0 Å². The van der Waals surface area contributed by atoms with Gasteiger partial charge in [0.05, 0.1) is 11.0 Å². The van der Waals surface area contributed by atoms with Crippen molar-refractivity contribution in [1.29, 1.82) is 0 Å². The van der Waals surface area contributed by atoms with E-state index >= 15 is 0 Å². The highest BCUT2D eigenvalue weighted by atomic mass is 16.6. The smallest absolute Gasteiger partial charge is 0.276 e. The number of piperidine rings is 1. The molecule has 142 valence electrons. The average molecular weight is 362 g/mol. The zero-order valence-electron chi connectivity index (χ0n) is 14.9.